The molecular weight excluding hydrogens is 400 g/mol. The first-order chi connectivity index (χ1) is 14.3. The molecule has 0 aliphatic carbocycles. The number of ether oxygens (including phenoxy) is 1. The zero-order valence-corrected chi connectivity index (χ0v) is 18.7. The molecule has 1 saturated heterocycles. The normalized spacial score (nSPS) is 14.8. The van der Waals surface area contributed by atoms with Crippen molar-refractivity contribution < 1.29 is 17.9 Å². The van der Waals surface area contributed by atoms with Crippen LogP contribution in [0.1, 0.15) is 36.8 Å². The Kier molecular flexibility index (Phi) is 7.02. The minimum Gasteiger partial charge on any atom is -0.495 e. The minimum atomic E-state index is -4.01. The van der Waals surface area contributed by atoms with Gasteiger partial charge in [-0.3, -0.25) is 9.10 Å². The largest absolute Gasteiger partial charge is 0.495 e. The summed E-state index contributed by atoms with van der Waals surface area (Å²) in [5.41, 5.74) is 2.28. The fourth-order valence-electron chi connectivity index (χ4n) is 3.67. The van der Waals surface area contributed by atoms with E-state index in [1.165, 1.54) is 11.4 Å². The summed E-state index contributed by atoms with van der Waals surface area (Å²) in [6.07, 6.45) is 4.11. The summed E-state index contributed by atoms with van der Waals surface area (Å²) in [4.78, 5) is 14.9. The van der Waals surface area contributed by atoms with Gasteiger partial charge in [-0.05, 0) is 56.5 Å². The van der Waals surface area contributed by atoms with Crippen molar-refractivity contribution in [2.45, 2.75) is 44.4 Å². The van der Waals surface area contributed by atoms with E-state index in [0.29, 0.717) is 18.8 Å². The Hall–Kier alpha value is -2.54. The SMILES string of the molecule is COc1ccc(C)cc1S(=O)(=O)N(CC(=O)N1CCCCCC1)c1ccc(C)cc1. The number of carbonyl (C=O) groups excluding carboxylic acids is 1. The molecule has 0 radical (unpaired) electrons. The van der Waals surface area contributed by atoms with Crippen LogP contribution in [-0.4, -0.2) is 46.0 Å². The Morgan fingerprint density at radius 2 is 1.57 bits per heavy atom. The number of aryl methyl sites for hydroxylation is 2. The Balaban J connectivity index is 2.02. The summed E-state index contributed by atoms with van der Waals surface area (Å²) in [5, 5.41) is 0. The number of hydrogen-bond donors (Lipinski definition) is 0. The second kappa shape index (κ2) is 9.51. The van der Waals surface area contributed by atoms with Crippen LogP contribution in [0.25, 0.3) is 0 Å². The maximum Gasteiger partial charge on any atom is 0.268 e. The van der Waals surface area contributed by atoms with E-state index in [2.05, 4.69) is 0 Å². The van der Waals surface area contributed by atoms with Gasteiger partial charge in [0.1, 0.15) is 17.2 Å². The third kappa shape index (κ3) is 4.95. The predicted octanol–water partition coefficient (Wildman–Crippen LogP) is 3.91. The van der Waals surface area contributed by atoms with Crippen molar-refractivity contribution in [3.63, 3.8) is 0 Å². The highest BCUT2D eigenvalue weighted by molar-refractivity contribution is 7.93. The molecule has 0 N–H and O–H groups in total. The summed E-state index contributed by atoms with van der Waals surface area (Å²) in [7, 11) is -2.57. The maximum absolute atomic E-state index is 13.7. The van der Waals surface area contributed by atoms with E-state index in [1.54, 1.807) is 35.2 Å². The number of likely N-dealkylation sites (tertiary alicyclic amines) is 1. The number of nitrogens with zero attached hydrogens (tertiary/aromatic N) is 2. The van der Waals surface area contributed by atoms with E-state index in [4.69, 9.17) is 4.74 Å². The van der Waals surface area contributed by atoms with Crippen LogP contribution in [0, 0.1) is 13.8 Å². The lowest BCUT2D eigenvalue weighted by Crippen LogP contribution is -2.43. The maximum atomic E-state index is 13.7. The number of amides is 1. The number of sulfonamides is 1. The van der Waals surface area contributed by atoms with Gasteiger partial charge in [-0.15, -0.1) is 0 Å². The van der Waals surface area contributed by atoms with E-state index in [9.17, 15) is 13.2 Å². The second-order valence-corrected chi connectivity index (χ2v) is 9.63. The Morgan fingerprint density at radius 3 is 2.17 bits per heavy atom. The molecule has 0 bridgehead atoms. The highest BCUT2D eigenvalue weighted by atomic mass is 32.2. The Labute approximate surface area is 179 Å². The van der Waals surface area contributed by atoms with Gasteiger partial charge in [0.15, 0.2) is 0 Å². The number of methoxy groups -OCH3 is 1. The van der Waals surface area contributed by atoms with Gasteiger partial charge in [0, 0.05) is 13.1 Å². The standard InChI is InChI=1S/C23H30N2O4S/c1-18-8-11-20(12-9-18)25(17-23(26)24-14-6-4-5-7-15-24)30(27,28)22-16-19(2)10-13-21(22)29-3/h8-13,16H,4-7,14-15,17H2,1-3H3. The molecule has 1 heterocycles. The molecule has 30 heavy (non-hydrogen) atoms. The van der Waals surface area contributed by atoms with E-state index < -0.39 is 10.0 Å². The van der Waals surface area contributed by atoms with Gasteiger partial charge in [0.2, 0.25) is 5.91 Å². The lowest BCUT2D eigenvalue weighted by molar-refractivity contribution is -0.129. The molecule has 0 aromatic heterocycles. The number of hydrogen-bond acceptors (Lipinski definition) is 4. The molecule has 6 nitrogen and oxygen atoms in total. The molecule has 3 rings (SSSR count). The van der Waals surface area contributed by atoms with E-state index in [1.807, 2.05) is 26.0 Å². The van der Waals surface area contributed by atoms with Crippen molar-refractivity contribution in [1.29, 1.82) is 0 Å². The average molecular weight is 431 g/mol. The number of anilines is 1. The van der Waals surface area contributed by atoms with Crippen LogP contribution in [-0.2, 0) is 14.8 Å². The summed E-state index contributed by atoms with van der Waals surface area (Å²) >= 11 is 0. The van der Waals surface area contributed by atoms with Crippen LogP contribution in [0.5, 0.6) is 5.75 Å². The van der Waals surface area contributed by atoms with Crippen molar-refractivity contribution in [3.8, 4) is 5.75 Å². The summed E-state index contributed by atoms with van der Waals surface area (Å²) in [6.45, 7) is 4.89. The van der Waals surface area contributed by atoms with Crippen molar-refractivity contribution >= 4 is 21.6 Å². The zero-order chi connectivity index (χ0) is 21.7. The third-order valence-corrected chi connectivity index (χ3v) is 7.24. The van der Waals surface area contributed by atoms with Crippen LogP contribution in [0.4, 0.5) is 5.69 Å². The topological polar surface area (TPSA) is 66.9 Å². The number of benzene rings is 2. The van der Waals surface area contributed by atoms with Crippen LogP contribution < -0.4 is 9.04 Å². The molecule has 0 unspecified atom stereocenters. The highest BCUT2D eigenvalue weighted by Gasteiger charge is 2.31. The molecule has 0 spiro atoms. The van der Waals surface area contributed by atoms with Gasteiger partial charge in [-0.1, -0.05) is 36.6 Å². The lowest BCUT2D eigenvalue weighted by atomic mass is 10.2. The fourth-order valence-corrected chi connectivity index (χ4v) is 5.33. The molecule has 1 aliphatic heterocycles. The monoisotopic (exact) mass is 430 g/mol. The molecular formula is C23H30N2O4S. The van der Waals surface area contributed by atoms with Crippen LogP contribution in [0.3, 0.4) is 0 Å². The first-order valence-electron chi connectivity index (χ1n) is 10.3. The van der Waals surface area contributed by atoms with Gasteiger partial charge >= 0.3 is 0 Å². The quantitative estimate of drug-likeness (QED) is 0.697. The number of carbonyl (C=O) groups is 1. The summed E-state index contributed by atoms with van der Waals surface area (Å²) < 4.78 is 34.0. The molecule has 2 aromatic rings. The van der Waals surface area contributed by atoms with E-state index >= 15 is 0 Å². The summed E-state index contributed by atoms with van der Waals surface area (Å²) in [5.74, 6) is 0.0904. The first-order valence-corrected chi connectivity index (χ1v) is 11.8. The zero-order valence-electron chi connectivity index (χ0n) is 17.9. The molecule has 1 amide bonds. The molecule has 0 atom stereocenters. The van der Waals surface area contributed by atoms with Gasteiger partial charge in [0.05, 0.1) is 12.8 Å². The van der Waals surface area contributed by atoms with Crippen LogP contribution >= 0.6 is 0 Å². The van der Waals surface area contributed by atoms with Gasteiger partial charge in [-0.2, -0.15) is 0 Å². The van der Waals surface area contributed by atoms with Crippen molar-refractivity contribution in [2.75, 3.05) is 31.0 Å². The fraction of sp³-hybridized carbons (Fsp3) is 0.435. The first kappa shape index (κ1) is 22.2. The van der Waals surface area contributed by atoms with E-state index in [0.717, 1.165) is 36.8 Å². The van der Waals surface area contributed by atoms with E-state index in [-0.39, 0.29) is 23.1 Å². The molecule has 162 valence electrons. The molecule has 1 fully saturated rings. The van der Waals surface area contributed by atoms with Crippen molar-refractivity contribution in [3.05, 3.63) is 53.6 Å². The van der Waals surface area contributed by atoms with Gasteiger partial charge in [-0.25, -0.2) is 8.42 Å². The van der Waals surface area contributed by atoms with Crippen LogP contribution in [0.2, 0.25) is 0 Å². The lowest BCUT2D eigenvalue weighted by Gasteiger charge is -2.28. The smallest absolute Gasteiger partial charge is 0.268 e. The predicted molar refractivity (Wildman–Crippen MR) is 118 cm³/mol. The van der Waals surface area contributed by atoms with Gasteiger partial charge < -0.3 is 9.64 Å². The van der Waals surface area contributed by atoms with Crippen molar-refractivity contribution in [2.24, 2.45) is 0 Å². The van der Waals surface area contributed by atoms with Gasteiger partial charge in [0.25, 0.3) is 10.0 Å². The molecule has 7 heteroatoms. The van der Waals surface area contributed by atoms with Crippen LogP contribution in [0.15, 0.2) is 47.4 Å². The Morgan fingerprint density at radius 1 is 0.967 bits per heavy atom. The highest BCUT2D eigenvalue weighted by Crippen LogP contribution is 2.31. The third-order valence-electron chi connectivity index (χ3n) is 5.45. The number of rotatable bonds is 6. The second-order valence-electron chi connectivity index (χ2n) is 7.80. The minimum absolute atomic E-state index is 0.0641. The average Bonchev–Trinajstić information content (AvgIpc) is 3.02. The Bertz CT molecular complexity index is 979. The van der Waals surface area contributed by atoms with Crippen molar-refractivity contribution in [1.82, 2.24) is 4.90 Å². The molecule has 1 aliphatic rings. The molecule has 0 saturated carbocycles. The molecule has 2 aromatic carbocycles. The summed E-state index contributed by atoms with van der Waals surface area (Å²) in [6, 6.07) is 12.2.